The van der Waals surface area contributed by atoms with Gasteiger partial charge in [0.15, 0.2) is 17.5 Å². The first-order chi connectivity index (χ1) is 54.8. The summed E-state index contributed by atoms with van der Waals surface area (Å²) in [6.45, 7) is 3.64. The van der Waals surface area contributed by atoms with Gasteiger partial charge in [0.1, 0.15) is 29.8 Å². The SMILES string of the molecule is C#CCCCCBr.C#CCCCCC1N=CC(C2C(C3CC3)=C(Sc3cccc(C(=O)OCC)c3F)c3ccc(Cl)c(F)c32)=N1.C#CCCCCC1N=CC(C2C(C3CC3)=C(Sc3cccc(C(=O)[O-])c3F)c3ccc(Cl)c(F)c32)=N1.CCOC(=O)c1cccc(Sc2c(C3CC3)n(-c3cn[nH]c3)c3c(F)c(Cl)ccc23)c1F.[Na+]. The summed E-state index contributed by atoms with van der Waals surface area (Å²) in [5, 5.41) is 19.9. The third-order valence-corrected chi connectivity index (χ3v) is 24.7. The molecule has 3 fully saturated rings. The molecular weight excluding hydrogens is 1660 g/mol. The fourth-order valence-electron chi connectivity index (χ4n) is 14.0. The number of ether oxygens (including phenoxy) is 2. The van der Waals surface area contributed by atoms with E-state index in [4.69, 9.17) is 73.5 Å². The van der Waals surface area contributed by atoms with E-state index in [-0.39, 0.29) is 114 Å². The third-order valence-electron chi connectivity index (χ3n) is 19.7. The molecule has 13 nitrogen and oxygen atoms in total. The van der Waals surface area contributed by atoms with Crippen molar-refractivity contribution in [1.82, 2.24) is 14.8 Å². The first kappa shape index (κ1) is 87.1. The summed E-state index contributed by atoms with van der Waals surface area (Å²) < 4.78 is 104. The molecule has 6 aromatic carbocycles. The number of H-pyrrole nitrogens is 1. The van der Waals surface area contributed by atoms with Crippen LogP contribution in [0.25, 0.3) is 26.4 Å². The molecule has 114 heavy (non-hydrogen) atoms. The average Bonchev–Trinajstić information content (AvgIpc) is 1.58. The zero-order chi connectivity index (χ0) is 80.1. The van der Waals surface area contributed by atoms with Crippen molar-refractivity contribution < 1.29 is 84.9 Å². The third kappa shape index (κ3) is 19.8. The van der Waals surface area contributed by atoms with Crippen LogP contribution in [-0.4, -0.2) is 87.4 Å². The molecule has 0 radical (unpaired) electrons. The van der Waals surface area contributed by atoms with Crippen LogP contribution in [-0.2, 0) is 9.47 Å². The van der Waals surface area contributed by atoms with Gasteiger partial charge in [-0.25, -0.2) is 35.9 Å². The minimum atomic E-state index is -1.58. The largest absolute Gasteiger partial charge is 1.00 e. The van der Waals surface area contributed by atoms with E-state index in [1.54, 1.807) is 81.1 Å². The van der Waals surface area contributed by atoms with E-state index in [1.807, 2.05) is 4.57 Å². The van der Waals surface area contributed by atoms with E-state index >= 15 is 26.3 Å². The minimum Gasteiger partial charge on any atom is -0.545 e. The quantitative estimate of drug-likeness (QED) is 0.0124. The van der Waals surface area contributed by atoms with E-state index in [1.165, 1.54) is 78.5 Å². The maximum atomic E-state index is 15.7. The maximum Gasteiger partial charge on any atom is 1.00 e. The number of allylic oxidation sites excluding steroid dienone is 2. The number of aromatic carboxylic acids is 1. The first-order valence-corrected chi connectivity index (χ1v) is 42.0. The number of unbranched alkanes of at least 4 members (excludes halogenated alkanes) is 6. The second kappa shape index (κ2) is 40.4. The smallest absolute Gasteiger partial charge is 0.545 e. The topological polar surface area (TPSA) is 176 Å². The summed E-state index contributed by atoms with van der Waals surface area (Å²) in [7, 11) is 0. The number of fused-ring (bicyclic) bond motifs is 3. The molecule has 5 aliphatic carbocycles. The molecule has 2 aromatic heterocycles. The molecule has 0 amide bonds. The molecule has 584 valence electrons. The van der Waals surface area contributed by atoms with E-state index in [9.17, 15) is 19.5 Å². The van der Waals surface area contributed by atoms with Gasteiger partial charge in [0.2, 0.25) is 0 Å². The van der Waals surface area contributed by atoms with Gasteiger partial charge in [0.25, 0.3) is 0 Å². The molecule has 0 bridgehead atoms. The standard InChI is InChI=1S/C30H27ClF2N2O2S.C28H23ClF2N2O2S.C23H18ClF2N3O2S.C6H9Br.Na/c1-3-5-6-7-11-23-34-16-21(35-23)26-24(17-12-13-17)29(18-14-15-20(31)28(33)25(18)26)38-22-10-8-9-19(27(22)32)30(36)37-4-2;1-2-3-4-5-9-21-32-14-19(33-21)24-22(15-10-11-15)27(16-12-13-18(29)26(31)23(16)24)36-20-8-6-7-17(25(20)30)28(34)35;1-2-31-23(30)14-4-3-5-17(18(14)25)32-22-15-8-9-16(24)19(26)21(15)29(13-10-27-28-11-13)20(22)12-6-7-12;1-2-3-4-5-6-7;/h1,8-10,14-17,23,26H,4-7,11-13H2,2H3;1,6-8,12-15,21,24H,3-5,9-11H2,(H,34,35);3-5,8-12H,2,6-7H2,1H3,(H,27,28);1H,3-6H2;/q;;;;+1/p-1. The number of rotatable bonds is 28. The van der Waals surface area contributed by atoms with Crippen LogP contribution in [0.5, 0.6) is 0 Å². The molecule has 4 unspecified atom stereocenters. The number of nitrogens with zero attached hydrogens (tertiary/aromatic N) is 6. The Hall–Kier alpha value is -7.70. The number of aromatic amines is 1. The minimum absolute atomic E-state index is 0. The summed E-state index contributed by atoms with van der Waals surface area (Å²) in [5.41, 5.74) is 6.66. The average molecular weight is 1740 g/mol. The number of hydrogen-bond donors (Lipinski definition) is 1. The number of carboxylic acid groups (broad SMARTS) is 1. The summed E-state index contributed by atoms with van der Waals surface area (Å²) >= 11 is 25.4. The fourth-order valence-corrected chi connectivity index (χ4v) is 18.6. The Kier molecular flexibility index (Phi) is 30.9. The Morgan fingerprint density at radius 2 is 1.00 bits per heavy atom. The van der Waals surface area contributed by atoms with Crippen molar-refractivity contribution in [2.24, 2.45) is 31.8 Å². The Bertz CT molecular complexity index is 5320. The number of halogens is 10. The van der Waals surface area contributed by atoms with E-state index in [0.717, 1.165) is 145 Å². The Balaban J connectivity index is 0.000000161. The maximum absolute atomic E-state index is 15.7. The Morgan fingerprint density at radius 3 is 1.42 bits per heavy atom. The molecule has 27 heteroatoms. The van der Waals surface area contributed by atoms with Gasteiger partial charge in [0, 0.05) is 106 Å². The number of aromatic nitrogens is 3. The predicted molar refractivity (Wildman–Crippen MR) is 442 cm³/mol. The molecule has 2 aliphatic heterocycles. The van der Waals surface area contributed by atoms with E-state index in [0.29, 0.717) is 56.7 Å². The van der Waals surface area contributed by atoms with Crippen LogP contribution < -0.4 is 34.7 Å². The zero-order valence-corrected chi connectivity index (χ0v) is 70.8. The number of benzene rings is 6. The molecule has 4 atom stereocenters. The van der Waals surface area contributed by atoms with Crippen LogP contribution in [0.2, 0.25) is 15.1 Å². The normalized spacial score (nSPS) is 17.4. The van der Waals surface area contributed by atoms with Gasteiger partial charge in [-0.05, 0) is 192 Å². The molecule has 3 saturated carbocycles. The van der Waals surface area contributed by atoms with Gasteiger partial charge < -0.3 is 23.9 Å². The number of hydrogen-bond acceptors (Lipinski definition) is 14. The van der Waals surface area contributed by atoms with E-state index < -0.39 is 70.2 Å². The van der Waals surface area contributed by atoms with Crippen molar-refractivity contribution in [2.75, 3.05) is 18.5 Å². The van der Waals surface area contributed by atoms with Crippen molar-refractivity contribution in [3.05, 3.63) is 209 Å². The number of nitrogens with one attached hydrogen (secondary N) is 1. The number of carboxylic acids is 1. The summed E-state index contributed by atoms with van der Waals surface area (Å²) in [6, 6.07) is 23.3. The van der Waals surface area contributed by atoms with Crippen molar-refractivity contribution in [3.63, 3.8) is 0 Å². The van der Waals surface area contributed by atoms with Crippen LogP contribution in [0.3, 0.4) is 0 Å². The zero-order valence-electron chi connectivity index (χ0n) is 62.5. The summed E-state index contributed by atoms with van der Waals surface area (Å²) in [4.78, 5) is 57.6. The van der Waals surface area contributed by atoms with Gasteiger partial charge in [-0.3, -0.25) is 25.1 Å². The fraction of sp³-hybridized carbons (Fsp3) is 0.333. The number of carbonyl (C=O) groups is 3. The number of thioether (sulfide) groups is 2. The monoisotopic (exact) mass is 1730 g/mol. The van der Waals surface area contributed by atoms with Gasteiger partial charge in [-0.2, -0.15) is 5.10 Å². The number of aliphatic imine (C=N–C) groups is 4. The Labute approximate surface area is 716 Å². The molecule has 7 aliphatic rings. The van der Waals surface area contributed by atoms with Crippen LogP contribution in [0.1, 0.15) is 200 Å². The molecule has 0 spiro atoms. The van der Waals surface area contributed by atoms with Crippen molar-refractivity contribution in [3.8, 4) is 42.7 Å². The Morgan fingerprint density at radius 1 is 0.570 bits per heavy atom. The second-order valence-corrected chi connectivity index (χ2v) is 32.6. The van der Waals surface area contributed by atoms with Crippen LogP contribution >= 0.6 is 86.0 Å². The van der Waals surface area contributed by atoms with Gasteiger partial charge in [0.05, 0.1) is 86.0 Å². The molecule has 15 rings (SSSR count). The predicted octanol–water partition coefficient (Wildman–Crippen LogP) is 19.6. The van der Waals surface area contributed by atoms with Crippen LogP contribution in [0.4, 0.5) is 26.3 Å². The van der Waals surface area contributed by atoms with Crippen LogP contribution in [0, 0.1) is 83.8 Å². The number of alkyl halides is 1. The molecule has 0 saturated heterocycles. The van der Waals surface area contributed by atoms with Gasteiger partial charge in [-0.1, -0.05) is 122 Å². The first-order valence-electron chi connectivity index (χ1n) is 37.3. The van der Waals surface area contributed by atoms with E-state index in [2.05, 4.69) is 53.9 Å². The van der Waals surface area contributed by atoms with Crippen molar-refractivity contribution >= 4 is 148 Å². The van der Waals surface area contributed by atoms with Gasteiger partial charge in [-0.15, -0.1) is 37.0 Å². The van der Waals surface area contributed by atoms with Crippen molar-refractivity contribution in [2.45, 2.75) is 173 Å². The van der Waals surface area contributed by atoms with Crippen LogP contribution in [0.15, 0.2) is 154 Å². The molecule has 1 N–H and O–H groups in total. The molecule has 4 heterocycles. The number of esters is 2. The molecule has 8 aromatic rings. The summed E-state index contributed by atoms with van der Waals surface area (Å²) in [6.07, 6.45) is 37.5. The second-order valence-electron chi connectivity index (χ2n) is 27.4. The summed E-state index contributed by atoms with van der Waals surface area (Å²) in [5.74, 6) is 0.854. The van der Waals surface area contributed by atoms with Crippen molar-refractivity contribution in [1.29, 1.82) is 0 Å². The molecular formula is C87H76BrCl3F6N7NaO6S3. The van der Waals surface area contributed by atoms with Gasteiger partial charge >= 0.3 is 41.5 Å². The number of carbonyl (C=O) groups excluding carboxylic acids is 3. The number of terminal acetylenes is 3.